The lowest BCUT2D eigenvalue weighted by atomic mass is 9.92. The monoisotopic (exact) mass is 250 g/mol. The second-order valence-electron chi connectivity index (χ2n) is 5.47. The molecule has 0 saturated heterocycles. The Morgan fingerprint density at radius 1 is 1.06 bits per heavy atom. The highest BCUT2D eigenvalue weighted by Crippen LogP contribution is 2.34. The number of halogens is 1. The van der Waals surface area contributed by atoms with Crippen molar-refractivity contribution in [3.8, 4) is 0 Å². The summed E-state index contributed by atoms with van der Waals surface area (Å²) >= 11 is 6.55. The van der Waals surface area contributed by atoms with Crippen molar-refractivity contribution < 1.29 is 0 Å². The number of rotatable bonds is 3. The zero-order chi connectivity index (χ0) is 12.1. The highest BCUT2D eigenvalue weighted by molar-refractivity contribution is 6.20. The van der Waals surface area contributed by atoms with E-state index in [0.29, 0.717) is 0 Å². The van der Waals surface area contributed by atoms with E-state index in [-0.39, 0.29) is 5.38 Å². The summed E-state index contributed by atoms with van der Waals surface area (Å²) in [4.78, 5) is 0. The van der Waals surface area contributed by atoms with Gasteiger partial charge in [-0.15, -0.1) is 11.6 Å². The largest absolute Gasteiger partial charge is 0.118 e. The molecule has 1 fully saturated rings. The van der Waals surface area contributed by atoms with Crippen LogP contribution in [0.25, 0.3) is 0 Å². The molecule has 0 bridgehead atoms. The van der Waals surface area contributed by atoms with Crippen LogP contribution in [0.1, 0.15) is 61.4 Å². The van der Waals surface area contributed by atoms with E-state index >= 15 is 0 Å². The molecule has 94 valence electrons. The van der Waals surface area contributed by atoms with Gasteiger partial charge in [-0.05, 0) is 24.8 Å². The minimum Gasteiger partial charge on any atom is -0.118 e. The Labute approximate surface area is 110 Å². The lowest BCUT2D eigenvalue weighted by Crippen LogP contribution is -2.03. The van der Waals surface area contributed by atoms with Crippen LogP contribution in [0.4, 0.5) is 0 Å². The van der Waals surface area contributed by atoms with E-state index in [2.05, 4.69) is 31.2 Å². The molecule has 1 aromatic carbocycles. The molecule has 0 spiro atoms. The Bertz CT molecular complexity index is 320. The van der Waals surface area contributed by atoms with Gasteiger partial charge >= 0.3 is 0 Å². The van der Waals surface area contributed by atoms with E-state index in [1.54, 1.807) is 0 Å². The third kappa shape index (κ3) is 4.03. The molecule has 1 aliphatic rings. The first-order valence-electron chi connectivity index (χ1n) is 6.96. The third-order valence-electron chi connectivity index (χ3n) is 3.95. The number of aryl methyl sites for hydroxylation is 1. The topological polar surface area (TPSA) is 0 Å². The van der Waals surface area contributed by atoms with Crippen LogP contribution < -0.4 is 0 Å². The first kappa shape index (κ1) is 13.0. The summed E-state index contributed by atoms with van der Waals surface area (Å²) in [6.07, 6.45) is 9.58. The first-order chi connectivity index (χ1) is 8.25. The highest BCUT2D eigenvalue weighted by atomic mass is 35.5. The molecular formula is C16H23Cl. The van der Waals surface area contributed by atoms with E-state index in [1.807, 2.05) is 0 Å². The van der Waals surface area contributed by atoms with Crippen molar-refractivity contribution >= 4 is 11.6 Å². The van der Waals surface area contributed by atoms with Gasteiger partial charge in [0.25, 0.3) is 0 Å². The second kappa shape index (κ2) is 6.44. The van der Waals surface area contributed by atoms with E-state index in [0.717, 1.165) is 12.3 Å². The number of hydrogen-bond acceptors (Lipinski definition) is 0. The van der Waals surface area contributed by atoms with Crippen molar-refractivity contribution in [2.45, 2.75) is 57.2 Å². The predicted octanol–water partition coefficient (Wildman–Crippen LogP) is 5.64. The quantitative estimate of drug-likeness (QED) is 0.481. The molecule has 0 radical (unpaired) electrons. The Morgan fingerprint density at radius 2 is 1.65 bits per heavy atom. The fourth-order valence-electron chi connectivity index (χ4n) is 2.80. The SMILES string of the molecule is Cc1ccc(C(Cl)CC2CCCCCC2)cc1. The van der Waals surface area contributed by atoms with Gasteiger partial charge < -0.3 is 0 Å². The summed E-state index contributed by atoms with van der Waals surface area (Å²) in [7, 11) is 0. The van der Waals surface area contributed by atoms with Crippen LogP contribution in [-0.2, 0) is 0 Å². The van der Waals surface area contributed by atoms with Crippen molar-refractivity contribution in [3.63, 3.8) is 0 Å². The summed E-state index contributed by atoms with van der Waals surface area (Å²) in [6.45, 7) is 2.12. The zero-order valence-corrected chi connectivity index (χ0v) is 11.5. The molecular weight excluding hydrogens is 228 g/mol. The van der Waals surface area contributed by atoms with Gasteiger partial charge in [0.05, 0.1) is 5.38 Å². The molecule has 0 aliphatic heterocycles. The third-order valence-corrected chi connectivity index (χ3v) is 4.38. The van der Waals surface area contributed by atoms with Gasteiger partial charge in [0.1, 0.15) is 0 Å². The van der Waals surface area contributed by atoms with E-state index in [9.17, 15) is 0 Å². The van der Waals surface area contributed by atoms with Gasteiger partial charge in [-0.25, -0.2) is 0 Å². The lowest BCUT2D eigenvalue weighted by Gasteiger charge is -2.18. The normalized spacial score (nSPS) is 19.9. The molecule has 0 aromatic heterocycles. The van der Waals surface area contributed by atoms with Gasteiger partial charge in [-0.3, -0.25) is 0 Å². The highest BCUT2D eigenvalue weighted by Gasteiger charge is 2.17. The molecule has 1 aliphatic carbocycles. The maximum atomic E-state index is 6.55. The van der Waals surface area contributed by atoms with Crippen molar-refractivity contribution in [1.29, 1.82) is 0 Å². The molecule has 1 heteroatoms. The number of hydrogen-bond donors (Lipinski definition) is 0. The number of alkyl halides is 1. The Hall–Kier alpha value is -0.490. The molecule has 1 saturated carbocycles. The van der Waals surface area contributed by atoms with E-state index in [1.165, 1.54) is 49.7 Å². The molecule has 1 unspecified atom stereocenters. The van der Waals surface area contributed by atoms with Gasteiger partial charge in [0.15, 0.2) is 0 Å². The smallest absolute Gasteiger partial charge is 0.0587 e. The molecule has 0 nitrogen and oxygen atoms in total. The van der Waals surface area contributed by atoms with Crippen LogP contribution in [0, 0.1) is 12.8 Å². The van der Waals surface area contributed by atoms with Crippen LogP contribution in [-0.4, -0.2) is 0 Å². The summed E-state index contributed by atoms with van der Waals surface area (Å²) in [5.74, 6) is 0.848. The lowest BCUT2D eigenvalue weighted by molar-refractivity contribution is 0.423. The van der Waals surface area contributed by atoms with Crippen LogP contribution in [0.5, 0.6) is 0 Å². The van der Waals surface area contributed by atoms with Crippen LogP contribution in [0.2, 0.25) is 0 Å². The standard InChI is InChI=1S/C16H23Cl/c1-13-8-10-15(11-9-13)16(17)12-14-6-4-2-3-5-7-14/h8-11,14,16H,2-7,12H2,1H3. The van der Waals surface area contributed by atoms with E-state index in [4.69, 9.17) is 11.6 Å². The summed E-state index contributed by atoms with van der Waals surface area (Å²) < 4.78 is 0. The van der Waals surface area contributed by atoms with Gasteiger partial charge in [0, 0.05) is 0 Å². The molecule has 0 heterocycles. The average Bonchev–Trinajstić information content (AvgIpc) is 2.58. The van der Waals surface area contributed by atoms with Crippen LogP contribution in [0.15, 0.2) is 24.3 Å². The van der Waals surface area contributed by atoms with Gasteiger partial charge in [-0.2, -0.15) is 0 Å². The Morgan fingerprint density at radius 3 is 2.24 bits per heavy atom. The maximum Gasteiger partial charge on any atom is 0.0587 e. The number of benzene rings is 1. The molecule has 0 amide bonds. The summed E-state index contributed by atoms with van der Waals surface area (Å²) in [5, 5.41) is 0.207. The Balaban J connectivity index is 1.91. The van der Waals surface area contributed by atoms with Crippen molar-refractivity contribution in [3.05, 3.63) is 35.4 Å². The summed E-state index contributed by atoms with van der Waals surface area (Å²) in [6, 6.07) is 8.70. The fraction of sp³-hybridized carbons (Fsp3) is 0.625. The maximum absolute atomic E-state index is 6.55. The van der Waals surface area contributed by atoms with Gasteiger partial charge in [-0.1, -0.05) is 68.4 Å². The average molecular weight is 251 g/mol. The van der Waals surface area contributed by atoms with E-state index < -0.39 is 0 Å². The predicted molar refractivity (Wildman–Crippen MR) is 75.6 cm³/mol. The van der Waals surface area contributed by atoms with Gasteiger partial charge in [0.2, 0.25) is 0 Å². The molecule has 1 aromatic rings. The fourth-order valence-corrected chi connectivity index (χ4v) is 3.20. The minimum absolute atomic E-state index is 0.207. The second-order valence-corrected chi connectivity index (χ2v) is 6.00. The zero-order valence-electron chi connectivity index (χ0n) is 10.8. The first-order valence-corrected chi connectivity index (χ1v) is 7.40. The van der Waals surface area contributed by atoms with Crippen molar-refractivity contribution in [1.82, 2.24) is 0 Å². The van der Waals surface area contributed by atoms with Crippen molar-refractivity contribution in [2.24, 2.45) is 5.92 Å². The minimum atomic E-state index is 0.207. The van der Waals surface area contributed by atoms with Crippen molar-refractivity contribution in [2.75, 3.05) is 0 Å². The molecule has 0 N–H and O–H groups in total. The van der Waals surface area contributed by atoms with Crippen LogP contribution in [0.3, 0.4) is 0 Å². The summed E-state index contributed by atoms with van der Waals surface area (Å²) in [5.41, 5.74) is 2.61. The van der Waals surface area contributed by atoms with Crippen LogP contribution >= 0.6 is 11.6 Å². The molecule has 1 atom stereocenters. The molecule has 17 heavy (non-hydrogen) atoms. The Kier molecular flexibility index (Phi) is 4.91. The molecule has 2 rings (SSSR count).